The minimum absolute atomic E-state index is 0.210. The van der Waals surface area contributed by atoms with Crippen molar-refractivity contribution in [1.29, 1.82) is 0 Å². The van der Waals surface area contributed by atoms with Crippen LogP contribution >= 0.6 is 11.8 Å². The second-order valence-corrected chi connectivity index (χ2v) is 6.60. The minimum atomic E-state index is -0.321. The highest BCUT2D eigenvalue weighted by atomic mass is 32.2. The third-order valence-electron chi connectivity index (χ3n) is 2.03. The zero-order chi connectivity index (χ0) is 13.8. The van der Waals surface area contributed by atoms with Crippen LogP contribution in [-0.4, -0.2) is 22.1 Å². The summed E-state index contributed by atoms with van der Waals surface area (Å²) in [4.78, 5) is 11.7. The molecule has 98 valence electrons. The molecule has 3 nitrogen and oxygen atoms in total. The van der Waals surface area contributed by atoms with E-state index in [1.165, 1.54) is 6.08 Å². The highest BCUT2D eigenvalue weighted by Gasteiger charge is 2.19. The van der Waals surface area contributed by atoms with E-state index in [1.54, 1.807) is 31.4 Å². The Balaban J connectivity index is 2.78. The van der Waals surface area contributed by atoms with E-state index in [2.05, 4.69) is 0 Å². The molecule has 1 aromatic rings. The Hall–Kier alpha value is -1.42. The molecule has 0 atom stereocenters. The Morgan fingerprint density at radius 3 is 2.28 bits per heavy atom. The molecular weight excluding hydrogens is 248 g/mol. The number of aliphatic hydroxyl groups is 1. The summed E-state index contributed by atoms with van der Waals surface area (Å²) in [5, 5.41) is 9.40. The molecule has 0 heterocycles. The maximum Gasteiger partial charge on any atom is 0.254 e. The molecule has 0 saturated carbocycles. The molecule has 1 aromatic carbocycles. The van der Waals surface area contributed by atoms with Crippen molar-refractivity contribution in [3.05, 3.63) is 35.6 Å². The van der Waals surface area contributed by atoms with Gasteiger partial charge in [-0.2, -0.15) is 0 Å². The van der Waals surface area contributed by atoms with Gasteiger partial charge in [0.2, 0.25) is 0 Å². The fourth-order valence-electron chi connectivity index (χ4n) is 1.25. The maximum absolute atomic E-state index is 11.7. The lowest BCUT2D eigenvalue weighted by Gasteiger charge is -2.15. The van der Waals surface area contributed by atoms with Crippen LogP contribution in [0.15, 0.2) is 30.0 Å². The summed E-state index contributed by atoms with van der Waals surface area (Å²) in [6, 6.07) is 7.12. The smallest absolute Gasteiger partial charge is 0.254 e. The topological polar surface area (TPSA) is 46.5 Å². The fraction of sp³-hybridized carbons (Fsp3) is 0.357. The second-order valence-electron chi connectivity index (χ2n) is 4.80. The highest BCUT2D eigenvalue weighted by molar-refractivity contribution is 8.15. The van der Waals surface area contributed by atoms with Crippen molar-refractivity contribution >= 4 is 23.0 Å². The molecule has 0 amide bonds. The first kappa shape index (κ1) is 14.6. The first-order chi connectivity index (χ1) is 8.31. The van der Waals surface area contributed by atoms with Gasteiger partial charge in [-0.15, -0.1) is 0 Å². The van der Waals surface area contributed by atoms with Gasteiger partial charge in [-0.05, 0) is 23.8 Å². The summed E-state index contributed by atoms with van der Waals surface area (Å²) in [6.07, 6.45) is 1.46. The van der Waals surface area contributed by atoms with Gasteiger partial charge in [-0.25, -0.2) is 0 Å². The molecule has 18 heavy (non-hydrogen) atoms. The highest BCUT2D eigenvalue weighted by Crippen LogP contribution is 2.26. The molecule has 0 aromatic heterocycles. The number of carbonyl (C=O) groups is 1. The van der Waals surface area contributed by atoms with Crippen LogP contribution in [0.3, 0.4) is 0 Å². The van der Waals surface area contributed by atoms with Crippen molar-refractivity contribution in [2.75, 3.05) is 7.11 Å². The average molecular weight is 266 g/mol. The van der Waals surface area contributed by atoms with E-state index in [1.807, 2.05) is 20.8 Å². The third kappa shape index (κ3) is 4.84. The van der Waals surface area contributed by atoms with E-state index in [9.17, 15) is 9.90 Å². The number of carbonyl (C=O) groups excluding carboxylic acids is 1. The molecule has 1 N–H and O–H groups in total. The van der Waals surface area contributed by atoms with Crippen molar-refractivity contribution in [2.45, 2.75) is 25.5 Å². The SMILES string of the molecule is COc1ccc(/C=C(\O)C(=O)SC(C)(C)C)cc1. The number of ether oxygens (including phenoxy) is 1. The summed E-state index contributed by atoms with van der Waals surface area (Å²) in [5.41, 5.74) is 0.760. The van der Waals surface area contributed by atoms with Crippen LogP contribution in [0.5, 0.6) is 5.75 Å². The number of thioether (sulfide) groups is 1. The van der Waals surface area contributed by atoms with Crippen LogP contribution in [0.2, 0.25) is 0 Å². The molecule has 0 saturated heterocycles. The number of aliphatic hydroxyl groups excluding tert-OH is 1. The lowest BCUT2D eigenvalue weighted by molar-refractivity contribution is -0.110. The summed E-state index contributed by atoms with van der Waals surface area (Å²) in [6.45, 7) is 5.78. The predicted octanol–water partition coefficient (Wildman–Crippen LogP) is 3.65. The van der Waals surface area contributed by atoms with Gasteiger partial charge in [-0.1, -0.05) is 44.7 Å². The van der Waals surface area contributed by atoms with Gasteiger partial charge >= 0.3 is 0 Å². The molecule has 0 aliphatic heterocycles. The van der Waals surface area contributed by atoms with Crippen LogP contribution in [0.1, 0.15) is 26.3 Å². The zero-order valence-electron chi connectivity index (χ0n) is 11.1. The van der Waals surface area contributed by atoms with Crippen LogP contribution in [-0.2, 0) is 4.79 Å². The van der Waals surface area contributed by atoms with Gasteiger partial charge in [-0.3, -0.25) is 4.79 Å². The standard InChI is InChI=1S/C14H18O3S/c1-14(2,3)18-13(16)12(15)9-10-5-7-11(17-4)8-6-10/h5-9,15H,1-4H3/b12-9-. The van der Waals surface area contributed by atoms with Crippen molar-refractivity contribution < 1.29 is 14.6 Å². The van der Waals surface area contributed by atoms with Crippen molar-refractivity contribution in [3.8, 4) is 5.75 Å². The van der Waals surface area contributed by atoms with Crippen LogP contribution in [0, 0.1) is 0 Å². The van der Waals surface area contributed by atoms with Crippen molar-refractivity contribution in [3.63, 3.8) is 0 Å². The average Bonchev–Trinajstić information content (AvgIpc) is 2.27. The van der Waals surface area contributed by atoms with Crippen molar-refractivity contribution in [2.24, 2.45) is 0 Å². The summed E-state index contributed by atoms with van der Waals surface area (Å²) >= 11 is 1.11. The minimum Gasteiger partial charge on any atom is -0.504 e. The molecule has 4 heteroatoms. The van der Waals surface area contributed by atoms with E-state index in [4.69, 9.17) is 4.74 Å². The van der Waals surface area contributed by atoms with Crippen molar-refractivity contribution in [1.82, 2.24) is 0 Å². The Kier molecular flexibility index (Phi) is 4.84. The van der Waals surface area contributed by atoms with Crippen LogP contribution in [0.25, 0.3) is 6.08 Å². The largest absolute Gasteiger partial charge is 0.504 e. The maximum atomic E-state index is 11.7. The first-order valence-corrected chi connectivity index (χ1v) is 6.41. The monoisotopic (exact) mass is 266 g/mol. The summed E-state index contributed by atoms with van der Waals surface area (Å²) < 4.78 is 4.82. The molecule has 1 rings (SSSR count). The Morgan fingerprint density at radius 2 is 1.83 bits per heavy atom. The number of hydrogen-bond donors (Lipinski definition) is 1. The Morgan fingerprint density at radius 1 is 1.28 bits per heavy atom. The van der Waals surface area contributed by atoms with Gasteiger partial charge < -0.3 is 9.84 Å². The molecular formula is C14H18O3S. The van der Waals surface area contributed by atoms with E-state index in [0.29, 0.717) is 0 Å². The van der Waals surface area contributed by atoms with E-state index in [0.717, 1.165) is 23.1 Å². The molecule has 0 unspecified atom stereocenters. The van der Waals surface area contributed by atoms with Gasteiger partial charge in [0.05, 0.1) is 7.11 Å². The molecule has 0 radical (unpaired) electrons. The summed E-state index contributed by atoms with van der Waals surface area (Å²) in [7, 11) is 1.59. The molecule has 0 aliphatic rings. The van der Waals surface area contributed by atoms with Crippen LogP contribution < -0.4 is 4.74 Å². The number of benzene rings is 1. The lowest BCUT2D eigenvalue weighted by atomic mass is 10.2. The molecule has 0 aliphatic carbocycles. The fourth-order valence-corrected chi connectivity index (χ4v) is 1.97. The molecule has 0 fully saturated rings. The number of methoxy groups -OCH3 is 1. The molecule has 0 bridgehead atoms. The van der Waals surface area contributed by atoms with E-state index < -0.39 is 0 Å². The zero-order valence-corrected chi connectivity index (χ0v) is 11.9. The summed E-state index contributed by atoms with van der Waals surface area (Å²) in [5.74, 6) is 0.502. The lowest BCUT2D eigenvalue weighted by Crippen LogP contribution is -2.12. The quantitative estimate of drug-likeness (QED) is 0.670. The Bertz CT molecular complexity index is 441. The first-order valence-electron chi connectivity index (χ1n) is 5.60. The van der Waals surface area contributed by atoms with E-state index >= 15 is 0 Å². The van der Waals surface area contributed by atoms with Gasteiger partial charge in [0.1, 0.15) is 5.75 Å². The van der Waals surface area contributed by atoms with Crippen LogP contribution in [0.4, 0.5) is 0 Å². The molecule has 0 spiro atoms. The van der Waals surface area contributed by atoms with Gasteiger partial charge in [0, 0.05) is 4.75 Å². The number of rotatable bonds is 3. The predicted molar refractivity (Wildman–Crippen MR) is 76.0 cm³/mol. The van der Waals surface area contributed by atoms with Gasteiger partial charge in [0.25, 0.3) is 5.12 Å². The van der Waals surface area contributed by atoms with E-state index in [-0.39, 0.29) is 15.6 Å². The third-order valence-corrected chi connectivity index (χ3v) is 3.03. The number of hydrogen-bond acceptors (Lipinski definition) is 4. The second kappa shape index (κ2) is 5.96. The Labute approximate surface area is 112 Å². The van der Waals surface area contributed by atoms with Gasteiger partial charge in [0.15, 0.2) is 5.76 Å². The normalized spacial score (nSPS) is 12.3.